The van der Waals surface area contributed by atoms with Crippen LogP contribution in [0.1, 0.15) is 17.5 Å². The van der Waals surface area contributed by atoms with Gasteiger partial charge in [0.15, 0.2) is 0 Å². The number of rotatable bonds is 14. The molecule has 0 radical (unpaired) electrons. The molecule has 14 heteroatoms. The van der Waals surface area contributed by atoms with Gasteiger partial charge in [0, 0.05) is 23.5 Å². The van der Waals surface area contributed by atoms with E-state index in [-0.39, 0.29) is 18.6 Å². The van der Waals surface area contributed by atoms with Crippen molar-refractivity contribution >= 4 is 40.5 Å². The predicted molar refractivity (Wildman–Crippen MR) is 146 cm³/mol. The number of carboxylic acid groups (broad SMARTS) is 1. The molecule has 14 nitrogen and oxygen atoms in total. The van der Waals surface area contributed by atoms with E-state index in [0.717, 1.165) is 10.9 Å². The zero-order chi connectivity index (χ0) is 30.1. The monoisotopic (exact) mass is 568 g/mol. The van der Waals surface area contributed by atoms with Gasteiger partial charge in [-0.2, -0.15) is 0 Å². The van der Waals surface area contributed by atoms with Gasteiger partial charge in [0.1, 0.15) is 23.9 Å². The lowest BCUT2D eigenvalue weighted by Gasteiger charge is -2.24. The number of aromatic amines is 1. The van der Waals surface area contributed by atoms with Gasteiger partial charge in [-0.15, -0.1) is 0 Å². The minimum absolute atomic E-state index is 0.0333. The third-order valence-electron chi connectivity index (χ3n) is 6.30. The second kappa shape index (κ2) is 13.9. The highest BCUT2D eigenvalue weighted by Gasteiger charge is 2.31. The van der Waals surface area contributed by atoms with Gasteiger partial charge in [-0.3, -0.25) is 19.2 Å². The number of aliphatic hydroxyl groups is 1. The van der Waals surface area contributed by atoms with E-state index in [1.807, 2.05) is 12.1 Å². The van der Waals surface area contributed by atoms with Crippen LogP contribution in [0.25, 0.3) is 10.9 Å². The Morgan fingerprint density at radius 2 is 1.44 bits per heavy atom. The number of phenolic OH excluding ortho intramolecular Hbond substituents is 1. The molecule has 0 saturated heterocycles. The van der Waals surface area contributed by atoms with Gasteiger partial charge in [-0.25, -0.2) is 4.79 Å². The third kappa shape index (κ3) is 8.52. The third-order valence-corrected chi connectivity index (χ3v) is 6.30. The van der Waals surface area contributed by atoms with Crippen LogP contribution < -0.4 is 27.4 Å². The van der Waals surface area contributed by atoms with Crippen LogP contribution in [0.5, 0.6) is 5.75 Å². The first-order valence-electron chi connectivity index (χ1n) is 12.6. The summed E-state index contributed by atoms with van der Waals surface area (Å²) in [5.74, 6) is -5.09. The Labute approximate surface area is 234 Å². The molecule has 1 heterocycles. The number of para-hydroxylation sites is 1. The molecule has 3 rings (SSSR count). The molecule has 3 aromatic rings. The molecule has 0 bridgehead atoms. The second-order valence-corrected chi connectivity index (χ2v) is 9.42. The number of primary amides is 1. The van der Waals surface area contributed by atoms with Crippen molar-refractivity contribution in [1.29, 1.82) is 0 Å². The summed E-state index contributed by atoms with van der Waals surface area (Å²) in [6, 6.07) is 7.48. The van der Waals surface area contributed by atoms with Crippen LogP contribution in [0.4, 0.5) is 0 Å². The van der Waals surface area contributed by atoms with Crippen molar-refractivity contribution in [3.05, 3.63) is 65.9 Å². The Balaban J connectivity index is 1.66. The van der Waals surface area contributed by atoms with Crippen LogP contribution in [0.15, 0.2) is 54.7 Å². The molecule has 2 aromatic carbocycles. The lowest BCUT2D eigenvalue weighted by atomic mass is 10.0. The first-order chi connectivity index (χ1) is 19.5. The number of benzene rings is 2. The van der Waals surface area contributed by atoms with Crippen LogP contribution in [-0.2, 0) is 36.8 Å². The fourth-order valence-corrected chi connectivity index (χ4v) is 4.13. The summed E-state index contributed by atoms with van der Waals surface area (Å²) >= 11 is 0. The minimum Gasteiger partial charge on any atom is -0.508 e. The maximum atomic E-state index is 13.0. The second-order valence-electron chi connectivity index (χ2n) is 9.42. The summed E-state index contributed by atoms with van der Waals surface area (Å²) in [7, 11) is 0. The van der Waals surface area contributed by atoms with Gasteiger partial charge in [0.25, 0.3) is 0 Å². The molecule has 11 N–H and O–H groups in total. The number of carbonyl (C=O) groups excluding carboxylic acids is 4. The molecule has 0 aliphatic rings. The summed E-state index contributed by atoms with van der Waals surface area (Å²) in [5, 5.41) is 36.4. The van der Waals surface area contributed by atoms with Crippen LogP contribution in [0, 0.1) is 0 Å². The number of nitrogens with two attached hydrogens (primary N) is 2. The Morgan fingerprint density at radius 1 is 0.829 bits per heavy atom. The number of nitrogens with one attached hydrogen (secondary N) is 4. The molecule has 0 saturated carbocycles. The zero-order valence-corrected chi connectivity index (χ0v) is 21.9. The summed E-state index contributed by atoms with van der Waals surface area (Å²) in [6.07, 6.45) is 0.905. The average molecular weight is 569 g/mol. The maximum Gasteiger partial charge on any atom is 0.326 e. The summed E-state index contributed by atoms with van der Waals surface area (Å²) in [6.45, 7) is -0.868. The van der Waals surface area contributed by atoms with Gasteiger partial charge < -0.3 is 47.7 Å². The van der Waals surface area contributed by atoms with Gasteiger partial charge in [-0.05, 0) is 35.7 Å². The van der Waals surface area contributed by atoms with Gasteiger partial charge in [0.05, 0.1) is 19.1 Å². The van der Waals surface area contributed by atoms with Crippen molar-refractivity contribution in [1.82, 2.24) is 20.9 Å². The number of carbonyl (C=O) groups is 5. The van der Waals surface area contributed by atoms with Gasteiger partial charge in [0.2, 0.25) is 23.6 Å². The summed E-state index contributed by atoms with van der Waals surface area (Å²) < 4.78 is 0. The van der Waals surface area contributed by atoms with Gasteiger partial charge in [-0.1, -0.05) is 30.3 Å². The first kappa shape index (κ1) is 30.6. The number of amides is 4. The van der Waals surface area contributed by atoms with E-state index in [2.05, 4.69) is 20.9 Å². The maximum absolute atomic E-state index is 13.0. The number of carboxylic acids is 1. The number of phenols is 1. The van der Waals surface area contributed by atoms with Crippen molar-refractivity contribution in [2.45, 2.75) is 43.4 Å². The van der Waals surface area contributed by atoms with E-state index in [1.54, 1.807) is 30.5 Å². The van der Waals surface area contributed by atoms with Crippen LogP contribution >= 0.6 is 0 Å². The van der Waals surface area contributed by atoms with Crippen molar-refractivity contribution in [3.8, 4) is 5.75 Å². The van der Waals surface area contributed by atoms with Crippen LogP contribution in [0.2, 0.25) is 0 Å². The Kier molecular flexibility index (Phi) is 10.4. The largest absolute Gasteiger partial charge is 0.508 e. The van der Waals surface area contributed by atoms with E-state index in [9.17, 15) is 39.3 Å². The molecule has 0 aliphatic heterocycles. The lowest BCUT2D eigenvalue weighted by molar-refractivity contribution is -0.142. The van der Waals surface area contributed by atoms with E-state index in [0.29, 0.717) is 11.1 Å². The minimum atomic E-state index is -1.60. The number of aromatic hydroxyl groups is 1. The summed E-state index contributed by atoms with van der Waals surface area (Å²) in [5.41, 5.74) is 13.2. The predicted octanol–water partition coefficient (Wildman–Crippen LogP) is -1.61. The quantitative estimate of drug-likeness (QED) is 0.108. The van der Waals surface area contributed by atoms with Crippen molar-refractivity contribution in [2.24, 2.45) is 11.5 Å². The molecule has 41 heavy (non-hydrogen) atoms. The Bertz CT molecular complexity index is 1410. The average Bonchev–Trinajstić information content (AvgIpc) is 3.34. The topological polar surface area (TPSA) is 250 Å². The normalized spacial score (nSPS) is 13.9. The number of hydrogen-bond donors (Lipinski definition) is 9. The molecule has 4 atom stereocenters. The lowest BCUT2D eigenvalue weighted by Crippen LogP contribution is -2.59. The molecule has 0 aliphatic carbocycles. The highest BCUT2D eigenvalue weighted by molar-refractivity contribution is 5.96. The molecule has 4 amide bonds. The van der Waals surface area contributed by atoms with Crippen molar-refractivity contribution in [2.75, 3.05) is 6.61 Å². The summed E-state index contributed by atoms with van der Waals surface area (Å²) in [4.78, 5) is 65.0. The van der Waals surface area contributed by atoms with E-state index >= 15 is 0 Å². The molecule has 218 valence electrons. The molecule has 1 aromatic heterocycles. The first-order valence-corrected chi connectivity index (χ1v) is 12.6. The fraction of sp³-hybridized carbons (Fsp3) is 0.296. The Hall–Kier alpha value is -4.95. The number of fused-ring (bicyclic) bond motifs is 1. The number of hydrogen-bond acceptors (Lipinski definition) is 8. The smallest absolute Gasteiger partial charge is 0.326 e. The van der Waals surface area contributed by atoms with E-state index in [4.69, 9.17) is 11.5 Å². The van der Waals surface area contributed by atoms with Gasteiger partial charge >= 0.3 is 5.97 Å². The zero-order valence-electron chi connectivity index (χ0n) is 21.9. The molecule has 4 unspecified atom stereocenters. The molecule has 0 fully saturated rings. The van der Waals surface area contributed by atoms with Crippen LogP contribution in [-0.4, -0.2) is 80.7 Å². The Morgan fingerprint density at radius 3 is 2.07 bits per heavy atom. The fourth-order valence-electron chi connectivity index (χ4n) is 4.13. The van der Waals surface area contributed by atoms with Crippen LogP contribution in [0.3, 0.4) is 0 Å². The number of aliphatic carboxylic acids is 1. The van der Waals surface area contributed by atoms with Crippen molar-refractivity contribution < 1.29 is 39.3 Å². The standard InChI is InChI=1S/C27H32N6O8/c28-18(9-14-5-7-16(35)8-6-14)24(37)33-22(13-34)26(39)31-20(11-23(29)36)25(38)32-21(27(40)41)10-15-12-30-19-4-2-1-3-17(15)19/h1-8,12,18,20-22,30,34-35H,9-11,13,28H2,(H2,29,36)(H,31,39)(H,32,38)(H,33,37)(H,40,41). The number of aliphatic hydroxyl groups excluding tert-OH is 1. The van der Waals surface area contributed by atoms with Crippen molar-refractivity contribution in [3.63, 3.8) is 0 Å². The van der Waals surface area contributed by atoms with E-state index in [1.165, 1.54) is 12.1 Å². The number of aromatic nitrogens is 1. The highest BCUT2D eigenvalue weighted by Crippen LogP contribution is 2.19. The highest BCUT2D eigenvalue weighted by atomic mass is 16.4. The molecule has 0 spiro atoms. The SMILES string of the molecule is NC(=O)CC(NC(=O)C(CO)NC(=O)C(N)Cc1ccc(O)cc1)C(=O)NC(Cc1c[nH]c2ccccc12)C(=O)O. The molecular formula is C27H32N6O8. The molecular weight excluding hydrogens is 536 g/mol. The number of H-pyrrole nitrogens is 1. The van der Waals surface area contributed by atoms with E-state index < -0.39 is 66.8 Å².